The fourth-order valence-electron chi connectivity index (χ4n) is 5.98. The molecule has 0 N–H and O–H groups in total. The molecule has 2 fully saturated rings. The second-order valence-corrected chi connectivity index (χ2v) is 10.5. The van der Waals surface area contributed by atoms with Crippen LogP contribution in [0, 0.1) is 17.6 Å². The number of hydrogen-bond acceptors (Lipinski definition) is 4. The lowest BCUT2D eigenvalue weighted by Gasteiger charge is -2.39. The first-order valence-corrected chi connectivity index (χ1v) is 13.1. The molecule has 6 nitrogen and oxygen atoms in total. The molecule has 196 valence electrons. The normalized spacial score (nSPS) is 21.6. The van der Waals surface area contributed by atoms with Crippen LogP contribution in [0.25, 0.3) is 0 Å². The van der Waals surface area contributed by atoms with Crippen LogP contribution < -0.4 is 0 Å². The molecule has 0 saturated carbocycles. The lowest BCUT2D eigenvalue weighted by atomic mass is 9.81. The summed E-state index contributed by atoms with van der Waals surface area (Å²) < 4.78 is 36.2. The maximum atomic E-state index is 14.9. The van der Waals surface area contributed by atoms with Crippen LogP contribution >= 0.6 is 11.6 Å². The third-order valence-corrected chi connectivity index (χ3v) is 7.90. The van der Waals surface area contributed by atoms with Gasteiger partial charge in [0, 0.05) is 56.3 Å². The van der Waals surface area contributed by atoms with Crippen molar-refractivity contribution in [1.82, 2.24) is 19.6 Å². The van der Waals surface area contributed by atoms with E-state index in [1.54, 1.807) is 40.2 Å². The monoisotopic (exact) mass is 536 g/mol. The Labute approximate surface area is 224 Å². The molecule has 6 rings (SSSR count). The van der Waals surface area contributed by atoms with Crippen LogP contribution in [0.5, 0.6) is 0 Å². The Hall–Kier alpha value is -3.49. The van der Waals surface area contributed by atoms with Crippen LogP contribution in [-0.4, -0.2) is 51.2 Å². The smallest absolute Gasteiger partial charge is 0.289 e. The van der Waals surface area contributed by atoms with E-state index in [0.29, 0.717) is 42.5 Å². The van der Waals surface area contributed by atoms with Gasteiger partial charge in [-0.25, -0.2) is 8.78 Å². The molecule has 3 atom stereocenters. The number of piperidine rings is 1. The molecule has 2 aromatic carbocycles. The molecule has 0 spiro atoms. The number of halogens is 3. The number of likely N-dealkylation sites (tertiary alicyclic amines) is 2. The van der Waals surface area contributed by atoms with E-state index in [1.165, 1.54) is 11.6 Å². The predicted octanol–water partition coefficient (Wildman–Crippen LogP) is 5.59. The molecule has 1 amide bonds. The van der Waals surface area contributed by atoms with E-state index in [-0.39, 0.29) is 29.5 Å². The summed E-state index contributed by atoms with van der Waals surface area (Å²) in [4.78, 5) is 17.6. The summed E-state index contributed by atoms with van der Waals surface area (Å²) in [6.45, 7) is 2.81. The molecule has 4 heterocycles. The fourth-order valence-corrected chi connectivity index (χ4v) is 6.13. The van der Waals surface area contributed by atoms with Crippen LogP contribution in [0.3, 0.4) is 0 Å². The molecule has 0 radical (unpaired) electrons. The summed E-state index contributed by atoms with van der Waals surface area (Å²) in [6, 6.07) is 17.6. The van der Waals surface area contributed by atoms with Crippen LogP contribution in [0.4, 0.5) is 8.78 Å². The van der Waals surface area contributed by atoms with E-state index >= 15 is 0 Å². The highest BCUT2D eigenvalue weighted by atomic mass is 35.5. The molecular formula is C29H27ClF2N4O2. The molecule has 4 aromatic rings. The van der Waals surface area contributed by atoms with Crippen molar-refractivity contribution in [2.75, 3.05) is 19.6 Å². The van der Waals surface area contributed by atoms with Crippen molar-refractivity contribution in [2.24, 2.45) is 5.92 Å². The zero-order chi connectivity index (χ0) is 26.2. The minimum atomic E-state index is -0.589. The Kier molecular flexibility index (Phi) is 6.76. The number of hydrogen-bond donors (Lipinski definition) is 0. The van der Waals surface area contributed by atoms with Gasteiger partial charge in [-0.3, -0.25) is 14.4 Å². The lowest BCUT2D eigenvalue weighted by molar-refractivity contribution is 0.0552. The van der Waals surface area contributed by atoms with Crippen molar-refractivity contribution in [3.63, 3.8) is 0 Å². The summed E-state index contributed by atoms with van der Waals surface area (Å²) in [5.41, 5.74) is 1.69. The summed E-state index contributed by atoms with van der Waals surface area (Å²) in [7, 11) is 0. The average molecular weight is 537 g/mol. The number of aromatic nitrogens is 2. The van der Waals surface area contributed by atoms with E-state index in [1.807, 2.05) is 18.2 Å². The Morgan fingerprint density at radius 3 is 2.66 bits per heavy atom. The van der Waals surface area contributed by atoms with Gasteiger partial charge in [0.05, 0.1) is 17.8 Å². The second kappa shape index (κ2) is 10.3. The Balaban J connectivity index is 1.22. The highest BCUT2D eigenvalue weighted by molar-refractivity contribution is 6.30. The number of amides is 1. The quantitative estimate of drug-likeness (QED) is 0.322. The molecule has 38 heavy (non-hydrogen) atoms. The predicted molar refractivity (Wildman–Crippen MR) is 139 cm³/mol. The first-order chi connectivity index (χ1) is 18.4. The van der Waals surface area contributed by atoms with Gasteiger partial charge >= 0.3 is 0 Å². The van der Waals surface area contributed by atoms with Gasteiger partial charge in [0.25, 0.3) is 5.91 Å². The van der Waals surface area contributed by atoms with Crippen molar-refractivity contribution >= 4 is 17.5 Å². The van der Waals surface area contributed by atoms with Crippen molar-refractivity contribution in [3.8, 4) is 0 Å². The number of carbonyl (C=O) groups excluding carboxylic acids is 1. The number of fused-ring (bicyclic) bond motifs is 1. The minimum Gasteiger partial charge on any atom is -0.454 e. The number of furan rings is 1. The van der Waals surface area contributed by atoms with Crippen LogP contribution in [0.1, 0.15) is 39.8 Å². The molecule has 2 aromatic heterocycles. The average Bonchev–Trinajstić information content (AvgIpc) is 3.64. The number of rotatable bonds is 6. The SMILES string of the molecule is O=C(c1ccc(Cn2cc(Cl)cn2)o1)N1CC[C@@H]2[C@H](C1)[C@@H](c1ccc(F)cc1F)CN2Cc1ccccc1. The fraction of sp³-hybridized carbons (Fsp3) is 0.310. The summed E-state index contributed by atoms with van der Waals surface area (Å²) in [5.74, 6) is -0.590. The Morgan fingerprint density at radius 2 is 1.89 bits per heavy atom. The van der Waals surface area contributed by atoms with Gasteiger partial charge < -0.3 is 9.32 Å². The van der Waals surface area contributed by atoms with Crippen molar-refractivity contribution in [2.45, 2.75) is 31.5 Å². The van der Waals surface area contributed by atoms with Crippen LogP contribution in [0.2, 0.25) is 5.02 Å². The number of carbonyl (C=O) groups is 1. The van der Waals surface area contributed by atoms with Crippen LogP contribution in [0.15, 0.2) is 77.5 Å². The number of benzene rings is 2. The van der Waals surface area contributed by atoms with Gasteiger partial charge in [0.2, 0.25) is 0 Å². The molecule has 2 aliphatic rings. The van der Waals surface area contributed by atoms with Gasteiger partial charge in [-0.1, -0.05) is 48.0 Å². The maximum absolute atomic E-state index is 14.9. The zero-order valence-electron chi connectivity index (χ0n) is 20.6. The summed E-state index contributed by atoms with van der Waals surface area (Å²) in [6.07, 6.45) is 4.00. The minimum absolute atomic E-state index is 0.0111. The second-order valence-electron chi connectivity index (χ2n) is 10.1. The van der Waals surface area contributed by atoms with E-state index in [2.05, 4.69) is 22.1 Å². The topological polar surface area (TPSA) is 54.5 Å². The third kappa shape index (κ3) is 4.98. The third-order valence-electron chi connectivity index (χ3n) is 7.71. The van der Waals surface area contributed by atoms with Gasteiger partial charge in [-0.05, 0) is 35.7 Å². The zero-order valence-corrected chi connectivity index (χ0v) is 21.4. The van der Waals surface area contributed by atoms with Crippen LogP contribution in [-0.2, 0) is 13.1 Å². The number of nitrogens with zero attached hydrogens (tertiary/aromatic N) is 4. The molecule has 0 unspecified atom stereocenters. The summed E-state index contributed by atoms with van der Waals surface area (Å²) in [5, 5.41) is 4.68. The van der Waals surface area contributed by atoms with Crippen molar-refractivity contribution in [1.29, 1.82) is 0 Å². The Morgan fingerprint density at radius 1 is 1.05 bits per heavy atom. The first-order valence-electron chi connectivity index (χ1n) is 12.7. The molecule has 0 bridgehead atoms. The highest BCUT2D eigenvalue weighted by Gasteiger charge is 2.46. The molecule has 0 aliphatic carbocycles. The molecule has 2 aliphatic heterocycles. The van der Waals surface area contributed by atoms with E-state index in [0.717, 1.165) is 19.0 Å². The molecule has 2 saturated heterocycles. The largest absolute Gasteiger partial charge is 0.454 e. The standard InChI is InChI=1S/C29H27ClF2N4O2/c30-20-13-33-36(15-20)16-22-7-9-28(38-22)29(37)34-11-10-27-25(18-34)24(23-8-6-21(31)12-26(23)32)17-35(27)14-19-4-2-1-3-5-19/h1-9,12-13,15,24-25,27H,10-11,14,16-18H2/t24-,25-,27-/m1/s1. The van der Waals surface area contributed by atoms with E-state index in [9.17, 15) is 13.6 Å². The molecular weight excluding hydrogens is 510 g/mol. The van der Waals surface area contributed by atoms with Gasteiger partial charge in [0.1, 0.15) is 17.4 Å². The lowest BCUT2D eigenvalue weighted by Crippen LogP contribution is -2.48. The summed E-state index contributed by atoms with van der Waals surface area (Å²) >= 11 is 5.94. The van der Waals surface area contributed by atoms with E-state index < -0.39 is 11.6 Å². The maximum Gasteiger partial charge on any atom is 0.289 e. The van der Waals surface area contributed by atoms with E-state index in [4.69, 9.17) is 16.0 Å². The van der Waals surface area contributed by atoms with Gasteiger partial charge in [0.15, 0.2) is 5.76 Å². The van der Waals surface area contributed by atoms with Crippen molar-refractivity contribution in [3.05, 3.63) is 112 Å². The highest BCUT2D eigenvalue weighted by Crippen LogP contribution is 2.43. The van der Waals surface area contributed by atoms with Gasteiger partial charge in [-0.15, -0.1) is 0 Å². The van der Waals surface area contributed by atoms with Gasteiger partial charge in [-0.2, -0.15) is 5.10 Å². The first kappa shape index (κ1) is 24.8. The molecule has 9 heteroatoms. The Bertz CT molecular complexity index is 1440. The van der Waals surface area contributed by atoms with Crippen molar-refractivity contribution < 1.29 is 18.0 Å².